The van der Waals surface area contributed by atoms with Crippen LogP contribution in [0.25, 0.3) is 0 Å². The van der Waals surface area contributed by atoms with Gasteiger partial charge in [-0.15, -0.1) is 0 Å². The molecule has 120 valence electrons. The molecule has 2 aromatic rings. The van der Waals surface area contributed by atoms with Gasteiger partial charge in [0.15, 0.2) is 0 Å². The average Bonchev–Trinajstić information content (AvgIpc) is 2.49. The predicted octanol–water partition coefficient (Wildman–Crippen LogP) is 2.46. The Morgan fingerprint density at radius 3 is 2.52 bits per heavy atom. The first-order valence-corrected chi connectivity index (χ1v) is 8.58. The molecule has 0 bridgehead atoms. The van der Waals surface area contributed by atoms with Crippen LogP contribution in [0.1, 0.15) is 17.0 Å². The molecule has 0 saturated carbocycles. The smallest absolute Gasteiger partial charge is 0.295 e. The molecule has 1 aromatic heterocycles. The van der Waals surface area contributed by atoms with Crippen LogP contribution in [0, 0.1) is 13.8 Å². The first-order valence-electron chi connectivity index (χ1n) is 7.14. The van der Waals surface area contributed by atoms with Crippen molar-refractivity contribution in [2.45, 2.75) is 25.3 Å². The third kappa shape index (κ3) is 2.57. The number of benzene rings is 1. The van der Waals surface area contributed by atoms with Crippen LogP contribution in [-0.2, 0) is 16.6 Å². The highest BCUT2D eigenvalue weighted by atomic mass is 32.2. The number of pyridine rings is 1. The third-order valence-corrected chi connectivity index (χ3v) is 5.52. The predicted molar refractivity (Wildman–Crippen MR) is 86.7 cm³/mol. The number of carbonyl (C=O) groups excluding carboxylic acids is 1. The van der Waals surface area contributed by atoms with Gasteiger partial charge in [0.05, 0.1) is 17.9 Å². The Morgan fingerprint density at radius 1 is 1.13 bits per heavy atom. The molecular weight excluding hydrogens is 314 g/mol. The van der Waals surface area contributed by atoms with Gasteiger partial charge in [-0.05, 0) is 43.7 Å². The quantitative estimate of drug-likeness (QED) is 0.847. The standard InChI is InChI=1S/C16H17N3O3S/c1-11-8-12(2)17-13(9-11)10-19-16(20)18(3)14-6-4-5-7-15(14)23(19,21)22/h4-9H,10H2,1-3H3. The second-order valence-corrected chi connectivity index (χ2v) is 7.43. The lowest BCUT2D eigenvalue weighted by Gasteiger charge is -2.34. The molecule has 7 heteroatoms. The van der Waals surface area contributed by atoms with Crippen molar-refractivity contribution in [3.05, 3.63) is 53.3 Å². The number of amides is 2. The Labute approximate surface area is 135 Å². The fourth-order valence-corrected chi connectivity index (χ4v) is 4.34. The van der Waals surface area contributed by atoms with Crippen molar-refractivity contribution >= 4 is 21.7 Å². The van der Waals surface area contributed by atoms with Crippen LogP contribution >= 0.6 is 0 Å². The van der Waals surface area contributed by atoms with E-state index in [-0.39, 0.29) is 11.4 Å². The number of hydrogen-bond acceptors (Lipinski definition) is 4. The summed E-state index contributed by atoms with van der Waals surface area (Å²) in [6, 6.07) is 9.59. The maximum atomic E-state index is 12.8. The summed E-state index contributed by atoms with van der Waals surface area (Å²) in [6.45, 7) is 3.67. The van der Waals surface area contributed by atoms with Crippen LogP contribution in [0.5, 0.6) is 0 Å². The molecule has 2 heterocycles. The summed E-state index contributed by atoms with van der Waals surface area (Å²) in [5.41, 5.74) is 2.70. The summed E-state index contributed by atoms with van der Waals surface area (Å²) in [7, 11) is -2.32. The highest BCUT2D eigenvalue weighted by Crippen LogP contribution is 2.33. The molecule has 3 rings (SSSR count). The Bertz CT molecular complexity index is 873. The SMILES string of the molecule is Cc1cc(C)nc(CN2C(=O)N(C)c3ccccc3S2(=O)=O)c1. The van der Waals surface area contributed by atoms with E-state index >= 15 is 0 Å². The summed E-state index contributed by atoms with van der Waals surface area (Å²) in [5.74, 6) is 0. The van der Waals surface area contributed by atoms with Gasteiger partial charge in [0.1, 0.15) is 4.90 Å². The van der Waals surface area contributed by atoms with E-state index in [0.29, 0.717) is 11.4 Å². The Kier molecular flexibility index (Phi) is 3.60. The number of para-hydroxylation sites is 1. The summed E-state index contributed by atoms with van der Waals surface area (Å²) in [4.78, 5) is 18.3. The highest BCUT2D eigenvalue weighted by Gasteiger charge is 2.39. The summed E-state index contributed by atoms with van der Waals surface area (Å²) in [6.07, 6.45) is 0. The minimum atomic E-state index is -3.89. The van der Waals surface area contributed by atoms with E-state index in [4.69, 9.17) is 0 Å². The van der Waals surface area contributed by atoms with Crippen molar-refractivity contribution in [1.82, 2.24) is 9.29 Å². The van der Waals surface area contributed by atoms with Gasteiger partial charge in [0.25, 0.3) is 10.0 Å². The summed E-state index contributed by atoms with van der Waals surface area (Å²) in [5, 5.41) is 0. The number of urea groups is 1. The van der Waals surface area contributed by atoms with Gasteiger partial charge in [-0.25, -0.2) is 17.5 Å². The van der Waals surface area contributed by atoms with Gasteiger partial charge in [-0.3, -0.25) is 9.88 Å². The molecule has 2 amide bonds. The Hall–Kier alpha value is -2.41. The minimum Gasteiger partial charge on any atom is -0.295 e. The molecule has 0 saturated heterocycles. The number of aryl methyl sites for hydroxylation is 2. The number of anilines is 1. The molecule has 1 aliphatic heterocycles. The lowest BCUT2D eigenvalue weighted by atomic mass is 10.2. The van der Waals surface area contributed by atoms with Crippen molar-refractivity contribution in [1.29, 1.82) is 0 Å². The highest BCUT2D eigenvalue weighted by molar-refractivity contribution is 7.90. The van der Waals surface area contributed by atoms with Gasteiger partial charge in [0, 0.05) is 12.7 Å². The first-order chi connectivity index (χ1) is 10.8. The van der Waals surface area contributed by atoms with Crippen molar-refractivity contribution < 1.29 is 13.2 Å². The molecule has 0 atom stereocenters. The number of fused-ring (bicyclic) bond motifs is 1. The normalized spacial score (nSPS) is 16.4. The molecule has 0 aliphatic carbocycles. The molecule has 6 nitrogen and oxygen atoms in total. The van der Waals surface area contributed by atoms with Gasteiger partial charge in [-0.2, -0.15) is 0 Å². The number of nitrogens with zero attached hydrogens (tertiary/aromatic N) is 3. The summed E-state index contributed by atoms with van der Waals surface area (Å²) < 4.78 is 26.4. The van der Waals surface area contributed by atoms with Gasteiger partial charge < -0.3 is 0 Å². The van der Waals surface area contributed by atoms with E-state index in [1.54, 1.807) is 31.3 Å². The van der Waals surface area contributed by atoms with E-state index in [1.165, 1.54) is 11.0 Å². The zero-order valence-electron chi connectivity index (χ0n) is 13.1. The van der Waals surface area contributed by atoms with Crippen molar-refractivity contribution in [3.63, 3.8) is 0 Å². The van der Waals surface area contributed by atoms with Crippen molar-refractivity contribution in [2.75, 3.05) is 11.9 Å². The van der Waals surface area contributed by atoms with E-state index in [2.05, 4.69) is 4.98 Å². The van der Waals surface area contributed by atoms with Gasteiger partial charge in [-0.1, -0.05) is 12.1 Å². The van der Waals surface area contributed by atoms with E-state index in [9.17, 15) is 13.2 Å². The van der Waals surface area contributed by atoms with Crippen LogP contribution < -0.4 is 4.90 Å². The molecule has 0 spiro atoms. The lowest BCUT2D eigenvalue weighted by molar-refractivity contribution is 0.227. The van der Waals surface area contributed by atoms with Crippen LogP contribution in [0.2, 0.25) is 0 Å². The Balaban J connectivity index is 2.08. The monoisotopic (exact) mass is 331 g/mol. The molecule has 0 N–H and O–H groups in total. The minimum absolute atomic E-state index is 0.0810. The number of carbonyl (C=O) groups is 1. The van der Waals surface area contributed by atoms with Crippen LogP contribution in [0.3, 0.4) is 0 Å². The van der Waals surface area contributed by atoms with Crippen LogP contribution in [-0.4, -0.2) is 30.8 Å². The number of rotatable bonds is 2. The van der Waals surface area contributed by atoms with E-state index < -0.39 is 16.1 Å². The zero-order valence-corrected chi connectivity index (χ0v) is 14.0. The maximum absolute atomic E-state index is 12.8. The van der Waals surface area contributed by atoms with Crippen LogP contribution in [0.4, 0.5) is 10.5 Å². The Morgan fingerprint density at radius 2 is 1.83 bits per heavy atom. The number of sulfonamides is 1. The summed E-state index contributed by atoms with van der Waals surface area (Å²) >= 11 is 0. The topological polar surface area (TPSA) is 70.6 Å². The first kappa shape index (κ1) is 15.5. The molecule has 23 heavy (non-hydrogen) atoms. The zero-order chi connectivity index (χ0) is 16.8. The van der Waals surface area contributed by atoms with E-state index in [1.807, 2.05) is 19.9 Å². The van der Waals surface area contributed by atoms with Gasteiger partial charge >= 0.3 is 6.03 Å². The lowest BCUT2D eigenvalue weighted by Crippen LogP contribution is -2.48. The van der Waals surface area contributed by atoms with E-state index in [0.717, 1.165) is 15.6 Å². The fourth-order valence-electron chi connectivity index (χ4n) is 2.75. The molecule has 1 aromatic carbocycles. The number of aromatic nitrogens is 1. The number of hydrogen-bond donors (Lipinski definition) is 0. The van der Waals surface area contributed by atoms with Crippen LogP contribution in [0.15, 0.2) is 41.3 Å². The van der Waals surface area contributed by atoms with Crippen molar-refractivity contribution in [3.8, 4) is 0 Å². The molecule has 0 fully saturated rings. The third-order valence-electron chi connectivity index (χ3n) is 3.75. The van der Waals surface area contributed by atoms with Gasteiger partial charge in [0.2, 0.25) is 0 Å². The molecule has 1 aliphatic rings. The second kappa shape index (κ2) is 5.34. The largest absolute Gasteiger partial charge is 0.338 e. The average molecular weight is 331 g/mol. The second-order valence-electron chi connectivity index (χ2n) is 5.60. The fraction of sp³-hybridized carbons (Fsp3) is 0.250. The maximum Gasteiger partial charge on any atom is 0.338 e. The molecule has 0 unspecified atom stereocenters. The van der Waals surface area contributed by atoms with Crippen molar-refractivity contribution in [2.24, 2.45) is 0 Å². The molecular formula is C16H17N3O3S. The molecule has 0 radical (unpaired) electrons.